The first kappa shape index (κ1) is 16.1. The zero-order chi connectivity index (χ0) is 17.8. The SMILES string of the molecule is O=C(NN=Cc1cccc([N+](=O)[O-])c1)c1cc2ccccc2cc1O. The Kier molecular flexibility index (Phi) is 4.38. The number of phenols is 1. The zero-order valence-corrected chi connectivity index (χ0v) is 12.9. The topological polar surface area (TPSA) is 105 Å². The van der Waals surface area contributed by atoms with Gasteiger partial charge in [-0.05, 0) is 22.9 Å². The van der Waals surface area contributed by atoms with Crippen LogP contribution in [-0.2, 0) is 0 Å². The molecule has 3 aromatic carbocycles. The minimum absolute atomic E-state index is 0.0672. The fourth-order valence-electron chi connectivity index (χ4n) is 2.35. The molecule has 0 atom stereocenters. The largest absolute Gasteiger partial charge is 0.507 e. The molecule has 124 valence electrons. The van der Waals surface area contributed by atoms with Crippen molar-refractivity contribution >= 4 is 28.6 Å². The molecule has 7 nitrogen and oxygen atoms in total. The third-order valence-electron chi connectivity index (χ3n) is 3.57. The van der Waals surface area contributed by atoms with Crippen LogP contribution in [0.4, 0.5) is 5.69 Å². The monoisotopic (exact) mass is 335 g/mol. The first-order valence-electron chi connectivity index (χ1n) is 7.34. The highest BCUT2D eigenvalue weighted by Gasteiger charge is 2.11. The number of nitro benzene ring substituents is 1. The van der Waals surface area contributed by atoms with Crippen LogP contribution in [0.25, 0.3) is 10.8 Å². The lowest BCUT2D eigenvalue weighted by Crippen LogP contribution is -2.17. The van der Waals surface area contributed by atoms with Crippen molar-refractivity contribution in [3.05, 3.63) is 81.9 Å². The number of benzene rings is 3. The van der Waals surface area contributed by atoms with Gasteiger partial charge in [0.1, 0.15) is 5.75 Å². The number of hydrogen-bond donors (Lipinski definition) is 2. The van der Waals surface area contributed by atoms with Crippen molar-refractivity contribution in [3.8, 4) is 5.75 Å². The number of carbonyl (C=O) groups is 1. The number of fused-ring (bicyclic) bond motifs is 1. The van der Waals surface area contributed by atoms with E-state index in [1.807, 2.05) is 24.3 Å². The van der Waals surface area contributed by atoms with E-state index in [1.54, 1.807) is 12.1 Å². The van der Waals surface area contributed by atoms with Gasteiger partial charge in [0.15, 0.2) is 0 Å². The van der Waals surface area contributed by atoms with E-state index in [0.29, 0.717) is 5.56 Å². The molecular formula is C18H13N3O4. The second-order valence-corrected chi connectivity index (χ2v) is 5.27. The van der Waals surface area contributed by atoms with Crippen molar-refractivity contribution in [2.45, 2.75) is 0 Å². The van der Waals surface area contributed by atoms with E-state index in [-0.39, 0.29) is 17.0 Å². The summed E-state index contributed by atoms with van der Waals surface area (Å²) in [5, 5.41) is 26.1. The molecule has 0 saturated carbocycles. The predicted molar refractivity (Wildman–Crippen MR) is 93.8 cm³/mol. The molecule has 0 saturated heterocycles. The number of rotatable bonds is 4. The Morgan fingerprint density at radius 1 is 1.08 bits per heavy atom. The van der Waals surface area contributed by atoms with Gasteiger partial charge in [-0.25, -0.2) is 5.43 Å². The van der Waals surface area contributed by atoms with E-state index < -0.39 is 10.8 Å². The van der Waals surface area contributed by atoms with Gasteiger partial charge in [0, 0.05) is 17.7 Å². The highest BCUT2D eigenvalue weighted by Crippen LogP contribution is 2.24. The van der Waals surface area contributed by atoms with Crippen LogP contribution in [-0.4, -0.2) is 22.2 Å². The van der Waals surface area contributed by atoms with Gasteiger partial charge in [-0.3, -0.25) is 14.9 Å². The number of carbonyl (C=O) groups excluding carboxylic acids is 1. The molecule has 0 aromatic heterocycles. The van der Waals surface area contributed by atoms with Gasteiger partial charge in [-0.1, -0.05) is 36.4 Å². The Morgan fingerprint density at radius 3 is 2.52 bits per heavy atom. The van der Waals surface area contributed by atoms with E-state index in [0.717, 1.165) is 10.8 Å². The molecule has 7 heteroatoms. The Balaban J connectivity index is 1.77. The maximum atomic E-state index is 12.2. The van der Waals surface area contributed by atoms with Gasteiger partial charge in [0.05, 0.1) is 16.7 Å². The van der Waals surface area contributed by atoms with Crippen molar-refractivity contribution in [3.63, 3.8) is 0 Å². The van der Waals surface area contributed by atoms with Crippen LogP contribution in [0.2, 0.25) is 0 Å². The van der Waals surface area contributed by atoms with Crippen molar-refractivity contribution in [1.82, 2.24) is 5.43 Å². The minimum Gasteiger partial charge on any atom is -0.507 e. The molecule has 2 N–H and O–H groups in total. The normalized spacial score (nSPS) is 10.9. The highest BCUT2D eigenvalue weighted by molar-refractivity contribution is 6.01. The second kappa shape index (κ2) is 6.79. The van der Waals surface area contributed by atoms with Crippen LogP contribution >= 0.6 is 0 Å². The number of hydrogen-bond acceptors (Lipinski definition) is 5. The fraction of sp³-hybridized carbons (Fsp3) is 0. The minimum atomic E-state index is -0.579. The number of phenolic OH excluding ortho intramolecular Hbond substituents is 1. The van der Waals surface area contributed by atoms with Crippen LogP contribution in [0.15, 0.2) is 65.8 Å². The average molecular weight is 335 g/mol. The molecule has 0 aliphatic rings. The van der Waals surface area contributed by atoms with Crippen molar-refractivity contribution in [1.29, 1.82) is 0 Å². The number of hydrazone groups is 1. The quantitative estimate of drug-likeness (QED) is 0.434. The number of amides is 1. The zero-order valence-electron chi connectivity index (χ0n) is 12.9. The fourth-order valence-corrected chi connectivity index (χ4v) is 2.35. The molecule has 0 radical (unpaired) electrons. The summed E-state index contributed by atoms with van der Waals surface area (Å²) < 4.78 is 0. The van der Waals surface area contributed by atoms with Gasteiger partial charge in [-0.2, -0.15) is 5.10 Å². The second-order valence-electron chi connectivity index (χ2n) is 5.27. The highest BCUT2D eigenvalue weighted by atomic mass is 16.6. The summed E-state index contributed by atoms with van der Waals surface area (Å²) in [7, 11) is 0. The van der Waals surface area contributed by atoms with Gasteiger partial charge in [0.2, 0.25) is 0 Å². The Labute approximate surface area is 142 Å². The van der Waals surface area contributed by atoms with Gasteiger partial charge in [0.25, 0.3) is 11.6 Å². The van der Waals surface area contributed by atoms with Crippen LogP contribution < -0.4 is 5.43 Å². The number of nitrogens with one attached hydrogen (secondary N) is 1. The van der Waals surface area contributed by atoms with Crippen molar-refractivity contribution < 1.29 is 14.8 Å². The number of aromatic hydroxyl groups is 1. The summed E-state index contributed by atoms with van der Waals surface area (Å²) in [6.45, 7) is 0. The van der Waals surface area contributed by atoms with Crippen LogP contribution in [0.3, 0.4) is 0 Å². The third kappa shape index (κ3) is 3.61. The molecule has 25 heavy (non-hydrogen) atoms. The first-order chi connectivity index (χ1) is 12.0. The molecule has 0 aliphatic carbocycles. The first-order valence-corrected chi connectivity index (χ1v) is 7.34. The van der Waals surface area contributed by atoms with Gasteiger partial charge in [-0.15, -0.1) is 0 Å². The Hall–Kier alpha value is -3.74. The molecule has 0 fully saturated rings. The molecule has 1 amide bonds. The maximum absolute atomic E-state index is 12.2. The summed E-state index contributed by atoms with van der Waals surface area (Å²) in [5.41, 5.74) is 2.80. The van der Waals surface area contributed by atoms with E-state index >= 15 is 0 Å². The average Bonchev–Trinajstić information content (AvgIpc) is 2.61. The molecule has 0 aliphatic heterocycles. The van der Waals surface area contributed by atoms with Crippen LogP contribution in [0, 0.1) is 10.1 Å². The molecule has 0 heterocycles. The summed E-state index contributed by atoms with van der Waals surface area (Å²) in [6.07, 6.45) is 1.29. The predicted octanol–water partition coefficient (Wildman–Crippen LogP) is 3.22. The summed E-state index contributed by atoms with van der Waals surface area (Å²) >= 11 is 0. The molecule has 3 rings (SSSR count). The standard InChI is InChI=1S/C18H13N3O4/c22-17-10-14-6-2-1-5-13(14)9-16(17)18(23)20-19-11-12-4-3-7-15(8-12)21(24)25/h1-11,22H,(H,20,23). The number of nitro groups is 1. The van der Waals surface area contributed by atoms with E-state index in [4.69, 9.17) is 0 Å². The maximum Gasteiger partial charge on any atom is 0.275 e. The molecular weight excluding hydrogens is 322 g/mol. The van der Waals surface area contributed by atoms with E-state index in [1.165, 1.54) is 30.5 Å². The van der Waals surface area contributed by atoms with E-state index in [2.05, 4.69) is 10.5 Å². The van der Waals surface area contributed by atoms with Crippen molar-refractivity contribution in [2.24, 2.45) is 5.10 Å². The number of nitrogens with zero attached hydrogens (tertiary/aromatic N) is 2. The summed E-state index contributed by atoms with van der Waals surface area (Å²) in [5.74, 6) is -0.730. The molecule has 0 unspecified atom stereocenters. The smallest absolute Gasteiger partial charge is 0.275 e. The summed E-state index contributed by atoms with van der Waals surface area (Å²) in [6, 6.07) is 16.3. The lowest BCUT2D eigenvalue weighted by molar-refractivity contribution is -0.384. The lowest BCUT2D eigenvalue weighted by atomic mass is 10.1. The molecule has 0 spiro atoms. The van der Waals surface area contributed by atoms with Crippen LogP contribution in [0.5, 0.6) is 5.75 Å². The van der Waals surface area contributed by atoms with Crippen molar-refractivity contribution in [2.75, 3.05) is 0 Å². The Morgan fingerprint density at radius 2 is 1.80 bits per heavy atom. The summed E-state index contributed by atoms with van der Waals surface area (Å²) in [4.78, 5) is 22.4. The van der Waals surface area contributed by atoms with E-state index in [9.17, 15) is 20.0 Å². The lowest BCUT2D eigenvalue weighted by Gasteiger charge is -2.05. The Bertz CT molecular complexity index is 999. The molecule has 3 aromatic rings. The van der Waals surface area contributed by atoms with Gasteiger partial charge < -0.3 is 5.11 Å². The third-order valence-corrected chi connectivity index (χ3v) is 3.57. The molecule has 0 bridgehead atoms. The number of non-ortho nitro benzene ring substituents is 1. The van der Waals surface area contributed by atoms with Crippen LogP contribution in [0.1, 0.15) is 15.9 Å². The van der Waals surface area contributed by atoms with Gasteiger partial charge >= 0.3 is 0 Å².